The molecule has 1 saturated heterocycles. The van der Waals surface area contributed by atoms with Crippen LogP contribution in [-0.4, -0.2) is 40.3 Å². The van der Waals surface area contributed by atoms with Gasteiger partial charge in [-0.25, -0.2) is 0 Å². The number of benzene rings is 1. The van der Waals surface area contributed by atoms with E-state index in [2.05, 4.69) is 13.5 Å². The molecule has 0 saturated carbocycles. The zero-order chi connectivity index (χ0) is 20.5. The first kappa shape index (κ1) is 20.3. The number of allylic oxidation sites excluding steroid dienone is 2. The minimum absolute atomic E-state index is 0.0644. The summed E-state index contributed by atoms with van der Waals surface area (Å²) in [6, 6.07) is 5.74. The third kappa shape index (κ3) is 2.96. The number of hydrogen-bond donors (Lipinski definition) is 0. The predicted octanol–water partition coefficient (Wildman–Crippen LogP) is 3.82. The van der Waals surface area contributed by atoms with Gasteiger partial charge in [-0.3, -0.25) is 4.79 Å². The highest BCUT2D eigenvalue weighted by molar-refractivity contribution is 5.99. The summed E-state index contributed by atoms with van der Waals surface area (Å²) in [4.78, 5) is 12.8. The van der Waals surface area contributed by atoms with Gasteiger partial charge >= 0.3 is 0 Å². The molecule has 6 heteroatoms. The van der Waals surface area contributed by atoms with Gasteiger partial charge in [0.05, 0.1) is 21.3 Å². The second-order valence-corrected chi connectivity index (χ2v) is 7.25. The van der Waals surface area contributed by atoms with Gasteiger partial charge in [0, 0.05) is 18.4 Å². The van der Waals surface area contributed by atoms with Gasteiger partial charge in [-0.05, 0) is 30.5 Å². The van der Waals surface area contributed by atoms with Crippen LogP contribution in [0.1, 0.15) is 31.4 Å². The highest BCUT2D eigenvalue weighted by Gasteiger charge is 2.58. The average Bonchev–Trinajstić information content (AvgIpc) is 2.99. The molecule has 2 aliphatic rings. The maximum absolute atomic E-state index is 12.8. The Kier molecular flexibility index (Phi) is 5.70. The molecule has 152 valence electrons. The maximum Gasteiger partial charge on any atom is 0.229 e. The van der Waals surface area contributed by atoms with Gasteiger partial charge in [0.2, 0.25) is 11.5 Å². The molecule has 1 aliphatic heterocycles. The lowest BCUT2D eigenvalue weighted by atomic mass is 9.65. The molecule has 4 atom stereocenters. The van der Waals surface area contributed by atoms with Gasteiger partial charge in [-0.1, -0.05) is 19.1 Å². The van der Waals surface area contributed by atoms with Crippen molar-refractivity contribution in [3.63, 3.8) is 0 Å². The number of hydrogen-bond acceptors (Lipinski definition) is 6. The van der Waals surface area contributed by atoms with Gasteiger partial charge in [-0.2, -0.15) is 0 Å². The molecule has 0 bridgehead atoms. The Balaban J connectivity index is 2.11. The van der Waals surface area contributed by atoms with E-state index in [-0.39, 0.29) is 23.6 Å². The number of Topliss-reactive ketones (excluding diaryl/α,β-unsaturated/α-hetero) is 1. The summed E-state index contributed by atoms with van der Waals surface area (Å²) in [5.74, 6) is 2.02. The Morgan fingerprint density at radius 2 is 1.89 bits per heavy atom. The molecule has 0 amide bonds. The smallest absolute Gasteiger partial charge is 0.229 e. The van der Waals surface area contributed by atoms with Crippen molar-refractivity contribution in [2.45, 2.75) is 32.0 Å². The molecule has 0 N–H and O–H groups in total. The molecule has 0 radical (unpaired) electrons. The van der Waals surface area contributed by atoms with E-state index in [9.17, 15) is 4.79 Å². The van der Waals surface area contributed by atoms with Crippen molar-refractivity contribution in [1.82, 2.24) is 0 Å². The van der Waals surface area contributed by atoms with Crippen LogP contribution >= 0.6 is 0 Å². The van der Waals surface area contributed by atoms with E-state index >= 15 is 0 Å². The molecular weight excluding hydrogens is 360 g/mol. The van der Waals surface area contributed by atoms with Crippen LogP contribution in [0.2, 0.25) is 0 Å². The number of carbonyl (C=O) groups is 1. The lowest BCUT2D eigenvalue weighted by molar-refractivity contribution is -0.132. The van der Waals surface area contributed by atoms with Crippen LogP contribution < -0.4 is 9.47 Å². The Morgan fingerprint density at radius 3 is 2.46 bits per heavy atom. The van der Waals surface area contributed by atoms with E-state index in [1.165, 1.54) is 7.11 Å². The monoisotopic (exact) mass is 388 g/mol. The van der Waals surface area contributed by atoms with Gasteiger partial charge in [0.15, 0.2) is 11.5 Å². The Morgan fingerprint density at radius 1 is 1.18 bits per heavy atom. The van der Waals surface area contributed by atoms with Gasteiger partial charge in [0.25, 0.3) is 0 Å². The van der Waals surface area contributed by atoms with Crippen molar-refractivity contribution < 1.29 is 28.5 Å². The molecule has 1 fully saturated rings. The van der Waals surface area contributed by atoms with Crippen molar-refractivity contribution in [2.24, 2.45) is 11.3 Å². The van der Waals surface area contributed by atoms with Crippen molar-refractivity contribution >= 4 is 5.78 Å². The van der Waals surface area contributed by atoms with Crippen molar-refractivity contribution in [2.75, 3.05) is 28.4 Å². The SMILES string of the molecule is C=CCC12CC(OC)C(=O)C(OC)=C1OC(c1ccc(OC)c(OC)c1)C2C. The number of carbonyl (C=O) groups excluding carboxylic acids is 1. The summed E-state index contributed by atoms with van der Waals surface area (Å²) < 4.78 is 28.1. The average molecular weight is 388 g/mol. The highest BCUT2D eigenvalue weighted by Crippen LogP contribution is 2.60. The summed E-state index contributed by atoms with van der Waals surface area (Å²) in [6.45, 7) is 6.06. The maximum atomic E-state index is 12.8. The quantitative estimate of drug-likeness (QED) is 0.662. The zero-order valence-electron chi connectivity index (χ0n) is 17.1. The fourth-order valence-electron chi connectivity index (χ4n) is 4.47. The van der Waals surface area contributed by atoms with Crippen molar-refractivity contribution in [3.05, 3.63) is 47.9 Å². The standard InChI is InChI=1S/C22H28O6/c1-7-10-22-12-17(26-5)18(23)20(27-6)21(22)28-19(13(22)2)14-8-9-15(24-3)16(11-14)25-4/h7-9,11,13,17,19H,1,10,12H2,2-6H3. The van der Waals surface area contributed by atoms with Crippen molar-refractivity contribution in [3.8, 4) is 11.5 Å². The molecule has 1 aromatic rings. The number of ether oxygens (including phenoxy) is 5. The second-order valence-electron chi connectivity index (χ2n) is 7.25. The fourth-order valence-corrected chi connectivity index (χ4v) is 4.47. The minimum atomic E-state index is -0.561. The van der Waals surface area contributed by atoms with E-state index in [0.717, 1.165) is 5.56 Å². The molecule has 1 heterocycles. The first-order valence-electron chi connectivity index (χ1n) is 9.32. The van der Waals surface area contributed by atoms with E-state index in [1.807, 2.05) is 24.3 Å². The lowest BCUT2D eigenvalue weighted by Crippen LogP contribution is -2.42. The van der Waals surface area contributed by atoms with Crippen LogP contribution in [-0.2, 0) is 19.0 Å². The van der Waals surface area contributed by atoms with Crippen LogP contribution in [0, 0.1) is 11.3 Å². The van der Waals surface area contributed by atoms with E-state index < -0.39 is 11.5 Å². The first-order valence-corrected chi connectivity index (χ1v) is 9.32. The lowest BCUT2D eigenvalue weighted by Gasteiger charge is -2.38. The third-order valence-corrected chi connectivity index (χ3v) is 6.03. The van der Waals surface area contributed by atoms with Crippen LogP contribution in [0.5, 0.6) is 11.5 Å². The van der Waals surface area contributed by atoms with Crippen LogP contribution in [0.3, 0.4) is 0 Å². The van der Waals surface area contributed by atoms with Crippen LogP contribution in [0.25, 0.3) is 0 Å². The summed E-state index contributed by atoms with van der Waals surface area (Å²) in [6.07, 6.45) is 2.23. The molecule has 1 aliphatic carbocycles. The zero-order valence-corrected chi connectivity index (χ0v) is 17.1. The fraction of sp³-hybridized carbons (Fsp3) is 0.500. The van der Waals surface area contributed by atoms with Gasteiger partial charge in [-0.15, -0.1) is 6.58 Å². The van der Waals surface area contributed by atoms with E-state index in [1.54, 1.807) is 21.3 Å². The molecule has 1 aromatic carbocycles. The summed E-state index contributed by atoms with van der Waals surface area (Å²) >= 11 is 0. The van der Waals surface area contributed by atoms with Crippen molar-refractivity contribution in [1.29, 1.82) is 0 Å². The molecule has 6 nitrogen and oxygen atoms in total. The minimum Gasteiger partial charge on any atom is -0.493 e. The Bertz CT molecular complexity index is 798. The number of fused-ring (bicyclic) bond motifs is 1. The topological polar surface area (TPSA) is 63.2 Å². The molecule has 28 heavy (non-hydrogen) atoms. The molecule has 0 aromatic heterocycles. The largest absolute Gasteiger partial charge is 0.493 e. The number of methoxy groups -OCH3 is 4. The normalized spacial score (nSPS) is 29.2. The number of ketones is 1. The summed E-state index contributed by atoms with van der Waals surface area (Å²) in [5.41, 5.74) is 0.534. The second kappa shape index (κ2) is 7.87. The Labute approximate surface area is 166 Å². The van der Waals surface area contributed by atoms with E-state index in [4.69, 9.17) is 23.7 Å². The van der Waals surface area contributed by atoms with Gasteiger partial charge < -0.3 is 23.7 Å². The first-order chi connectivity index (χ1) is 13.5. The summed E-state index contributed by atoms with van der Waals surface area (Å²) in [5, 5.41) is 0. The van der Waals surface area contributed by atoms with E-state index in [0.29, 0.717) is 30.1 Å². The number of rotatable bonds is 7. The molecular formula is C22H28O6. The third-order valence-electron chi connectivity index (χ3n) is 6.03. The highest BCUT2D eigenvalue weighted by atomic mass is 16.5. The van der Waals surface area contributed by atoms with Crippen LogP contribution in [0.4, 0.5) is 0 Å². The predicted molar refractivity (Wildman–Crippen MR) is 104 cm³/mol. The Hall–Kier alpha value is -2.47. The van der Waals surface area contributed by atoms with Crippen LogP contribution in [0.15, 0.2) is 42.4 Å². The molecule has 0 spiro atoms. The molecule has 4 unspecified atom stereocenters. The molecule has 3 rings (SSSR count). The summed E-state index contributed by atoms with van der Waals surface area (Å²) in [7, 11) is 6.25. The van der Waals surface area contributed by atoms with Gasteiger partial charge in [0.1, 0.15) is 18.0 Å².